The number of hydrogen-bond acceptors (Lipinski definition) is 3. The van der Waals surface area contributed by atoms with Crippen LogP contribution in [0.15, 0.2) is 11.5 Å². The van der Waals surface area contributed by atoms with Crippen molar-refractivity contribution in [3.05, 3.63) is 11.5 Å². The molecule has 0 aromatic rings. The first-order chi connectivity index (χ1) is 5.49. The molecule has 0 radical (unpaired) electrons. The van der Waals surface area contributed by atoms with E-state index in [1.165, 1.54) is 6.08 Å². The summed E-state index contributed by atoms with van der Waals surface area (Å²) < 4.78 is 44.8. The molecule has 1 heterocycles. The second-order valence-corrected chi connectivity index (χ2v) is 4.50. The molecule has 1 rings (SSSR count). The molecule has 0 aliphatic carbocycles. The molecule has 0 bridgehead atoms. The zero-order chi connectivity index (χ0) is 9.19. The monoisotopic (exact) mass is 197 g/mol. The maximum Gasteiger partial charge on any atom is 0.250 e. The minimum atomic E-state index is -3.13. The van der Waals surface area contributed by atoms with Gasteiger partial charge in [0.25, 0.3) is 6.43 Å². The van der Waals surface area contributed by atoms with Crippen molar-refractivity contribution >= 4 is 9.84 Å². The minimum Gasteiger partial charge on any atom is -0.304 e. The lowest BCUT2D eigenvalue weighted by Gasteiger charge is -2.07. The quantitative estimate of drug-likeness (QED) is 0.700. The van der Waals surface area contributed by atoms with Crippen LogP contribution in [-0.2, 0) is 9.84 Å². The summed E-state index contributed by atoms with van der Waals surface area (Å²) in [5.41, 5.74) is 0. The summed E-state index contributed by atoms with van der Waals surface area (Å²) in [7, 11) is -3.13. The topological polar surface area (TPSA) is 46.2 Å². The molecule has 1 aliphatic rings. The highest BCUT2D eigenvalue weighted by Gasteiger charge is 2.21. The van der Waals surface area contributed by atoms with Crippen molar-refractivity contribution in [3.8, 4) is 0 Å². The van der Waals surface area contributed by atoms with Crippen molar-refractivity contribution in [2.45, 2.75) is 12.5 Å². The molecule has 1 N–H and O–H groups in total. The number of rotatable bonds is 3. The van der Waals surface area contributed by atoms with Crippen molar-refractivity contribution in [3.63, 3.8) is 0 Å². The first kappa shape index (κ1) is 9.60. The van der Waals surface area contributed by atoms with Gasteiger partial charge < -0.3 is 5.32 Å². The van der Waals surface area contributed by atoms with Crippen LogP contribution in [0.25, 0.3) is 0 Å². The average Bonchev–Trinajstić information content (AvgIpc) is 2.26. The minimum absolute atomic E-state index is 0.111. The fourth-order valence-corrected chi connectivity index (χ4v) is 2.21. The van der Waals surface area contributed by atoms with E-state index in [1.54, 1.807) is 0 Å². The number of nitrogens with one attached hydrogen (secondary N) is 1. The van der Waals surface area contributed by atoms with E-state index in [9.17, 15) is 17.2 Å². The molecule has 12 heavy (non-hydrogen) atoms. The Balaban J connectivity index is 2.35. The molecule has 70 valence electrons. The molecule has 0 fully saturated rings. The lowest BCUT2D eigenvalue weighted by Crippen LogP contribution is -2.33. The molecule has 6 heteroatoms. The Morgan fingerprint density at radius 2 is 2.25 bits per heavy atom. The highest BCUT2D eigenvalue weighted by molar-refractivity contribution is 7.94. The predicted octanol–water partition coefficient (Wildman–Crippen LogP) is 0.152. The molecule has 0 saturated carbocycles. The lowest BCUT2D eigenvalue weighted by atomic mass is 10.3. The van der Waals surface area contributed by atoms with Crippen LogP contribution in [0.5, 0.6) is 0 Å². The van der Waals surface area contributed by atoms with E-state index in [-0.39, 0.29) is 5.75 Å². The molecule has 0 amide bonds. The maximum absolute atomic E-state index is 11.6. The van der Waals surface area contributed by atoms with E-state index in [2.05, 4.69) is 5.32 Å². The summed E-state index contributed by atoms with van der Waals surface area (Å²) >= 11 is 0. The van der Waals surface area contributed by atoms with E-state index >= 15 is 0 Å². The molecule has 0 spiro atoms. The summed E-state index contributed by atoms with van der Waals surface area (Å²) in [6.07, 6.45) is -1.06. The smallest absolute Gasteiger partial charge is 0.250 e. The predicted molar refractivity (Wildman–Crippen MR) is 40.7 cm³/mol. The van der Waals surface area contributed by atoms with Gasteiger partial charge in [0.1, 0.15) is 0 Å². The summed E-state index contributed by atoms with van der Waals surface area (Å²) in [6.45, 7) is -0.468. The van der Waals surface area contributed by atoms with Crippen LogP contribution in [0.4, 0.5) is 8.78 Å². The van der Waals surface area contributed by atoms with Crippen molar-refractivity contribution in [2.75, 3.05) is 12.3 Å². The van der Waals surface area contributed by atoms with Crippen LogP contribution in [0.2, 0.25) is 0 Å². The number of hydrogen-bond donors (Lipinski definition) is 1. The zero-order valence-electron chi connectivity index (χ0n) is 6.20. The first-order valence-electron chi connectivity index (χ1n) is 3.42. The zero-order valence-corrected chi connectivity index (χ0v) is 7.02. The van der Waals surface area contributed by atoms with Gasteiger partial charge in [0.05, 0.1) is 12.3 Å². The van der Waals surface area contributed by atoms with Gasteiger partial charge in [-0.25, -0.2) is 17.2 Å². The second kappa shape index (κ2) is 3.49. The van der Waals surface area contributed by atoms with Crippen molar-refractivity contribution < 1.29 is 17.2 Å². The van der Waals surface area contributed by atoms with Crippen molar-refractivity contribution in [1.82, 2.24) is 5.32 Å². The van der Waals surface area contributed by atoms with Crippen LogP contribution in [0.1, 0.15) is 0 Å². The Kier molecular flexibility index (Phi) is 2.79. The Morgan fingerprint density at radius 1 is 1.58 bits per heavy atom. The maximum atomic E-state index is 11.6. The number of sulfone groups is 1. The van der Waals surface area contributed by atoms with Gasteiger partial charge >= 0.3 is 0 Å². The van der Waals surface area contributed by atoms with Crippen molar-refractivity contribution in [1.29, 1.82) is 0 Å². The fourth-order valence-electron chi connectivity index (χ4n) is 0.943. The standard InChI is InChI=1S/C6H9F2NO2S/c7-6(8)3-9-5-1-2-12(10,11)4-5/h1-2,5-6,9H,3-4H2. The largest absolute Gasteiger partial charge is 0.304 e. The van der Waals surface area contributed by atoms with Gasteiger partial charge in [0.15, 0.2) is 9.84 Å². The van der Waals surface area contributed by atoms with Gasteiger partial charge in [-0.05, 0) is 0 Å². The molecule has 0 aromatic carbocycles. The first-order valence-corrected chi connectivity index (χ1v) is 5.13. The van der Waals surface area contributed by atoms with Gasteiger partial charge in [0.2, 0.25) is 0 Å². The third-order valence-corrected chi connectivity index (χ3v) is 2.86. The number of halogens is 2. The summed E-state index contributed by atoms with van der Waals surface area (Å²) in [6, 6.07) is -0.455. The molecule has 1 unspecified atom stereocenters. The van der Waals surface area contributed by atoms with Gasteiger partial charge in [-0.15, -0.1) is 0 Å². The van der Waals surface area contributed by atoms with Gasteiger partial charge in [0, 0.05) is 11.4 Å². The molecular formula is C6H9F2NO2S. The van der Waals surface area contributed by atoms with E-state index < -0.39 is 28.8 Å². The Hall–Kier alpha value is -0.490. The van der Waals surface area contributed by atoms with E-state index in [0.29, 0.717) is 0 Å². The Morgan fingerprint density at radius 3 is 2.67 bits per heavy atom. The summed E-state index contributed by atoms with van der Waals surface area (Å²) in [5.74, 6) is -0.111. The van der Waals surface area contributed by atoms with Crippen LogP contribution < -0.4 is 5.32 Å². The van der Waals surface area contributed by atoms with E-state index in [0.717, 1.165) is 5.41 Å². The molecular weight excluding hydrogens is 188 g/mol. The van der Waals surface area contributed by atoms with Gasteiger partial charge in [-0.1, -0.05) is 6.08 Å². The van der Waals surface area contributed by atoms with Gasteiger partial charge in [-0.3, -0.25) is 0 Å². The van der Waals surface area contributed by atoms with Crippen LogP contribution in [-0.4, -0.2) is 33.2 Å². The lowest BCUT2D eigenvalue weighted by molar-refractivity contribution is 0.144. The molecule has 0 saturated heterocycles. The third kappa shape index (κ3) is 2.86. The molecule has 1 aliphatic heterocycles. The average molecular weight is 197 g/mol. The molecule has 0 aromatic heterocycles. The fraction of sp³-hybridized carbons (Fsp3) is 0.667. The van der Waals surface area contributed by atoms with Crippen LogP contribution >= 0.6 is 0 Å². The SMILES string of the molecule is O=S1(=O)C=CC(NCC(F)F)C1. The normalized spacial score (nSPS) is 26.8. The number of alkyl halides is 2. The second-order valence-electron chi connectivity index (χ2n) is 2.56. The Bertz CT molecular complexity index is 273. The van der Waals surface area contributed by atoms with E-state index in [1.807, 2.05) is 0 Å². The molecule has 1 atom stereocenters. The summed E-state index contributed by atoms with van der Waals surface area (Å²) in [4.78, 5) is 0. The van der Waals surface area contributed by atoms with Crippen LogP contribution in [0.3, 0.4) is 0 Å². The van der Waals surface area contributed by atoms with Gasteiger partial charge in [-0.2, -0.15) is 0 Å². The van der Waals surface area contributed by atoms with Crippen LogP contribution in [0, 0.1) is 0 Å². The highest BCUT2D eigenvalue weighted by atomic mass is 32.2. The van der Waals surface area contributed by atoms with Crippen molar-refractivity contribution in [2.24, 2.45) is 0 Å². The highest BCUT2D eigenvalue weighted by Crippen LogP contribution is 2.07. The molecule has 3 nitrogen and oxygen atoms in total. The van der Waals surface area contributed by atoms with E-state index in [4.69, 9.17) is 0 Å². The third-order valence-electron chi connectivity index (χ3n) is 1.46. The Labute approximate surface area is 69.4 Å². The summed E-state index contributed by atoms with van der Waals surface area (Å²) in [5, 5.41) is 3.47.